The maximum absolute atomic E-state index is 12.2. The van der Waals surface area contributed by atoms with Crippen LogP contribution < -0.4 is 16.4 Å². The van der Waals surface area contributed by atoms with Crippen molar-refractivity contribution in [3.05, 3.63) is 18.1 Å². The summed E-state index contributed by atoms with van der Waals surface area (Å²) < 4.78 is 36.6. The van der Waals surface area contributed by atoms with E-state index in [0.29, 0.717) is 0 Å². The number of hydrogen-bond acceptors (Lipinski definition) is 5. The van der Waals surface area contributed by atoms with Crippen molar-refractivity contribution in [2.24, 2.45) is 11.5 Å². The molecule has 4 N–H and O–H groups in total. The van der Waals surface area contributed by atoms with Gasteiger partial charge in [-0.1, -0.05) is 0 Å². The molecule has 5 nitrogen and oxygen atoms in total. The molecule has 0 amide bonds. The Morgan fingerprint density at radius 3 is 2.35 bits per heavy atom. The van der Waals surface area contributed by atoms with Crippen molar-refractivity contribution >= 4 is 5.82 Å². The Balaban J connectivity index is 2.92. The highest BCUT2D eigenvalue weighted by Crippen LogP contribution is 2.20. The predicted molar refractivity (Wildman–Crippen MR) is 57.1 cm³/mol. The number of halogens is 3. The van der Waals surface area contributed by atoms with Gasteiger partial charge in [0.1, 0.15) is 24.4 Å². The van der Waals surface area contributed by atoms with Crippen molar-refractivity contribution < 1.29 is 13.2 Å². The van der Waals surface area contributed by atoms with Gasteiger partial charge in [-0.05, 0) is 6.92 Å². The van der Waals surface area contributed by atoms with Gasteiger partial charge in [-0.2, -0.15) is 13.2 Å². The Morgan fingerprint density at radius 1 is 1.29 bits per heavy atom. The van der Waals surface area contributed by atoms with Crippen molar-refractivity contribution in [3.63, 3.8) is 0 Å². The van der Waals surface area contributed by atoms with E-state index in [0.717, 1.165) is 11.2 Å². The largest absolute Gasteiger partial charge is 0.405 e. The number of aromatic nitrogens is 2. The second-order valence-electron chi connectivity index (χ2n) is 4.02. The van der Waals surface area contributed by atoms with Gasteiger partial charge >= 0.3 is 6.18 Å². The zero-order chi connectivity index (χ0) is 13.3. The standard InChI is InChI=1S/C9H14F3N5/c1-8(13,14)6-3-7(16-5-15-6)17(2)4-9(10,11)12/h3,5H,4,13-14H2,1-2H3. The fourth-order valence-electron chi connectivity index (χ4n) is 1.20. The molecule has 96 valence electrons. The Hall–Kier alpha value is -1.41. The summed E-state index contributed by atoms with van der Waals surface area (Å²) >= 11 is 0. The topological polar surface area (TPSA) is 81.1 Å². The minimum Gasteiger partial charge on any atom is -0.350 e. The summed E-state index contributed by atoms with van der Waals surface area (Å²) in [6.45, 7) is 0.401. The highest BCUT2D eigenvalue weighted by molar-refractivity contribution is 5.39. The third-order valence-corrected chi connectivity index (χ3v) is 2.01. The van der Waals surface area contributed by atoms with Crippen molar-refractivity contribution in [2.45, 2.75) is 18.8 Å². The van der Waals surface area contributed by atoms with Gasteiger partial charge in [0.2, 0.25) is 0 Å². The smallest absolute Gasteiger partial charge is 0.350 e. The zero-order valence-corrected chi connectivity index (χ0v) is 9.49. The van der Waals surface area contributed by atoms with Crippen LogP contribution in [0.2, 0.25) is 0 Å². The lowest BCUT2D eigenvalue weighted by molar-refractivity contribution is -0.119. The molecule has 1 heterocycles. The number of anilines is 1. The van der Waals surface area contributed by atoms with Crippen LogP contribution in [0.4, 0.5) is 19.0 Å². The number of nitrogens with zero attached hydrogens (tertiary/aromatic N) is 3. The van der Waals surface area contributed by atoms with Crippen LogP contribution in [0.25, 0.3) is 0 Å². The minimum atomic E-state index is -4.30. The first-order valence-electron chi connectivity index (χ1n) is 4.78. The summed E-state index contributed by atoms with van der Waals surface area (Å²) in [6, 6.07) is 1.34. The van der Waals surface area contributed by atoms with E-state index in [9.17, 15) is 13.2 Å². The first kappa shape index (κ1) is 13.7. The quantitative estimate of drug-likeness (QED) is 0.765. The van der Waals surface area contributed by atoms with E-state index in [-0.39, 0.29) is 11.5 Å². The molecule has 0 aliphatic rings. The van der Waals surface area contributed by atoms with Crippen molar-refractivity contribution in [2.75, 3.05) is 18.5 Å². The molecule has 0 saturated heterocycles. The van der Waals surface area contributed by atoms with Gasteiger partial charge in [0.05, 0.1) is 5.69 Å². The zero-order valence-electron chi connectivity index (χ0n) is 9.49. The van der Waals surface area contributed by atoms with Crippen LogP contribution in [0.3, 0.4) is 0 Å². The highest BCUT2D eigenvalue weighted by Gasteiger charge is 2.30. The normalized spacial score (nSPS) is 12.6. The average molecular weight is 249 g/mol. The Labute approximate surface area is 96.6 Å². The number of alkyl halides is 3. The van der Waals surface area contributed by atoms with Crippen LogP contribution in [0.15, 0.2) is 12.4 Å². The van der Waals surface area contributed by atoms with Crippen LogP contribution in [-0.4, -0.2) is 29.7 Å². The monoisotopic (exact) mass is 249 g/mol. The van der Waals surface area contributed by atoms with Gasteiger partial charge in [-0.3, -0.25) is 0 Å². The van der Waals surface area contributed by atoms with Crippen LogP contribution in [0.1, 0.15) is 12.6 Å². The van der Waals surface area contributed by atoms with Crippen molar-refractivity contribution in [1.29, 1.82) is 0 Å². The molecule has 0 aromatic carbocycles. The molecule has 0 aliphatic heterocycles. The Morgan fingerprint density at radius 2 is 1.88 bits per heavy atom. The molecular formula is C9H14F3N5. The molecule has 0 spiro atoms. The molecule has 1 aromatic heterocycles. The van der Waals surface area contributed by atoms with Gasteiger partial charge in [-0.25, -0.2) is 9.97 Å². The lowest BCUT2D eigenvalue weighted by atomic mass is 10.1. The summed E-state index contributed by atoms with van der Waals surface area (Å²) in [5.74, 6) is 0.120. The molecule has 0 aliphatic carbocycles. The summed E-state index contributed by atoms with van der Waals surface area (Å²) in [5, 5.41) is 0. The highest BCUT2D eigenvalue weighted by atomic mass is 19.4. The molecule has 0 atom stereocenters. The maximum atomic E-state index is 12.2. The van der Waals surface area contributed by atoms with Crippen LogP contribution in [0.5, 0.6) is 0 Å². The molecule has 17 heavy (non-hydrogen) atoms. The Bertz CT molecular complexity index is 385. The van der Waals surface area contributed by atoms with E-state index in [4.69, 9.17) is 11.5 Å². The summed E-state index contributed by atoms with van der Waals surface area (Å²) in [5.41, 5.74) is 10.3. The fraction of sp³-hybridized carbons (Fsp3) is 0.556. The molecule has 0 fully saturated rings. The summed E-state index contributed by atoms with van der Waals surface area (Å²) in [4.78, 5) is 8.52. The lowest BCUT2D eigenvalue weighted by Crippen LogP contribution is -2.43. The second kappa shape index (κ2) is 4.46. The maximum Gasteiger partial charge on any atom is 0.405 e. The molecule has 0 radical (unpaired) electrons. The summed E-state index contributed by atoms with van der Waals surface area (Å²) in [6.07, 6.45) is -3.16. The number of rotatable bonds is 3. The lowest BCUT2D eigenvalue weighted by Gasteiger charge is -2.22. The van der Waals surface area contributed by atoms with Gasteiger partial charge in [-0.15, -0.1) is 0 Å². The number of hydrogen-bond donors (Lipinski definition) is 2. The van der Waals surface area contributed by atoms with Crippen LogP contribution >= 0.6 is 0 Å². The molecule has 8 heteroatoms. The van der Waals surface area contributed by atoms with Gasteiger partial charge in [0.15, 0.2) is 0 Å². The average Bonchev–Trinajstić information content (AvgIpc) is 2.14. The first-order chi connectivity index (χ1) is 7.59. The van der Waals surface area contributed by atoms with E-state index < -0.39 is 18.4 Å². The van der Waals surface area contributed by atoms with Crippen molar-refractivity contribution in [1.82, 2.24) is 9.97 Å². The van der Waals surface area contributed by atoms with Crippen LogP contribution in [0, 0.1) is 0 Å². The molecule has 1 rings (SSSR count). The Kier molecular flexibility index (Phi) is 3.58. The van der Waals surface area contributed by atoms with Crippen LogP contribution in [-0.2, 0) is 5.66 Å². The van der Waals surface area contributed by atoms with Gasteiger partial charge in [0, 0.05) is 13.1 Å². The fourth-order valence-corrected chi connectivity index (χ4v) is 1.20. The second-order valence-corrected chi connectivity index (χ2v) is 4.02. The first-order valence-corrected chi connectivity index (χ1v) is 4.78. The molecule has 0 saturated carbocycles. The van der Waals surface area contributed by atoms with E-state index in [1.54, 1.807) is 0 Å². The molecule has 0 bridgehead atoms. The molecule has 0 unspecified atom stereocenters. The predicted octanol–water partition coefficient (Wildman–Crippen LogP) is 0.565. The van der Waals surface area contributed by atoms with E-state index >= 15 is 0 Å². The van der Waals surface area contributed by atoms with E-state index in [1.165, 1.54) is 20.0 Å². The van der Waals surface area contributed by atoms with Gasteiger partial charge < -0.3 is 16.4 Å². The summed E-state index contributed by atoms with van der Waals surface area (Å²) in [7, 11) is 1.28. The number of nitrogens with two attached hydrogens (primary N) is 2. The molecular weight excluding hydrogens is 235 g/mol. The van der Waals surface area contributed by atoms with E-state index in [2.05, 4.69) is 9.97 Å². The minimum absolute atomic E-state index is 0.120. The third-order valence-electron chi connectivity index (χ3n) is 2.01. The third kappa shape index (κ3) is 4.16. The van der Waals surface area contributed by atoms with E-state index in [1.807, 2.05) is 0 Å². The SMILES string of the molecule is CN(CC(F)(F)F)c1cc(C(C)(N)N)ncn1. The molecule has 1 aromatic rings. The van der Waals surface area contributed by atoms with Crippen molar-refractivity contribution in [3.8, 4) is 0 Å². The van der Waals surface area contributed by atoms with Gasteiger partial charge in [0.25, 0.3) is 0 Å².